The Morgan fingerprint density at radius 1 is 1.37 bits per heavy atom. The lowest BCUT2D eigenvalue weighted by Crippen LogP contribution is -2.44. The highest BCUT2D eigenvalue weighted by Gasteiger charge is 2.39. The van der Waals surface area contributed by atoms with Crippen LogP contribution in [0.5, 0.6) is 5.75 Å². The van der Waals surface area contributed by atoms with Crippen LogP contribution in [0, 0.1) is 10.1 Å². The molecule has 0 N–H and O–H groups in total. The zero-order valence-electron chi connectivity index (χ0n) is 12.0. The van der Waals surface area contributed by atoms with Crippen molar-refractivity contribution in [1.29, 1.82) is 0 Å². The molecular weight excluding hydrogens is 326 g/mol. The summed E-state index contributed by atoms with van der Waals surface area (Å²) in [6.07, 6.45) is 0. The van der Waals surface area contributed by atoms with Crippen molar-refractivity contribution in [3.05, 3.63) is 33.9 Å². The van der Waals surface area contributed by atoms with E-state index in [1.165, 1.54) is 6.07 Å². The van der Waals surface area contributed by atoms with Crippen molar-refractivity contribution < 1.29 is 9.35 Å². The first kappa shape index (κ1) is 16.2. The van der Waals surface area contributed by atoms with E-state index in [2.05, 4.69) is 49.8 Å². The molecule has 19 heavy (non-hydrogen) atoms. The fraction of sp³-hybridized carbons (Fsp3) is 0.538. The van der Waals surface area contributed by atoms with Gasteiger partial charge in [0.1, 0.15) is 5.75 Å². The van der Waals surface area contributed by atoms with Gasteiger partial charge in [-0.2, -0.15) is 0 Å². The zero-order chi connectivity index (χ0) is 14.8. The summed E-state index contributed by atoms with van der Waals surface area (Å²) < 4.78 is 6.18. The van der Waals surface area contributed by atoms with Crippen molar-refractivity contribution in [2.75, 3.05) is 0 Å². The molecule has 0 aliphatic heterocycles. The topological polar surface area (TPSA) is 52.4 Å². The lowest BCUT2D eigenvalue weighted by Gasteiger charge is -2.36. The van der Waals surface area contributed by atoms with Crippen LogP contribution in [0.25, 0.3) is 0 Å². The average molecular weight is 346 g/mol. The summed E-state index contributed by atoms with van der Waals surface area (Å²) in [5.41, 5.74) is 0.713. The number of nitro groups is 1. The van der Waals surface area contributed by atoms with Crippen LogP contribution < -0.4 is 4.43 Å². The van der Waals surface area contributed by atoms with Crippen molar-refractivity contribution in [2.45, 2.75) is 44.2 Å². The van der Waals surface area contributed by atoms with Gasteiger partial charge in [0.05, 0.1) is 10.5 Å². The molecule has 0 bridgehead atoms. The molecule has 4 nitrogen and oxygen atoms in total. The molecule has 0 fully saturated rings. The van der Waals surface area contributed by atoms with E-state index in [1.807, 2.05) is 6.07 Å². The summed E-state index contributed by atoms with van der Waals surface area (Å²) >= 11 is 3.32. The van der Waals surface area contributed by atoms with Crippen molar-refractivity contribution >= 4 is 29.9 Å². The number of rotatable bonds is 4. The summed E-state index contributed by atoms with van der Waals surface area (Å²) in [7, 11) is -1.99. The predicted molar refractivity (Wildman–Crippen MR) is 83.6 cm³/mol. The van der Waals surface area contributed by atoms with Crippen LogP contribution in [0.1, 0.15) is 26.3 Å². The maximum atomic E-state index is 11.0. The Hall–Kier alpha value is -0.883. The zero-order valence-corrected chi connectivity index (χ0v) is 14.6. The molecule has 0 amide bonds. The van der Waals surface area contributed by atoms with Gasteiger partial charge in [0, 0.05) is 11.4 Å². The maximum absolute atomic E-state index is 11.0. The van der Waals surface area contributed by atoms with E-state index in [-0.39, 0.29) is 15.6 Å². The monoisotopic (exact) mass is 345 g/mol. The second-order valence-electron chi connectivity index (χ2n) is 6.01. The molecule has 1 rings (SSSR count). The Kier molecular flexibility index (Phi) is 4.79. The van der Waals surface area contributed by atoms with Crippen molar-refractivity contribution in [1.82, 2.24) is 0 Å². The second kappa shape index (κ2) is 5.62. The standard InChI is InChI=1S/C13H20BrNO3Si/c1-13(2,3)19(4,5)18-12-8-6-7-11(15(16)17)10(12)9-14/h6-8H,9H2,1-5H3. The predicted octanol–water partition coefficient (Wildman–Crippen LogP) is 4.87. The molecule has 0 saturated heterocycles. The summed E-state index contributed by atoms with van der Waals surface area (Å²) in [5, 5.41) is 11.5. The number of nitrogens with zero attached hydrogens (tertiary/aromatic N) is 1. The molecule has 106 valence electrons. The third-order valence-electron chi connectivity index (χ3n) is 3.61. The third kappa shape index (κ3) is 3.57. The first-order valence-corrected chi connectivity index (χ1v) is 10.1. The Labute approximate surface area is 123 Å². The molecule has 0 aliphatic carbocycles. The minimum absolute atomic E-state index is 0.0568. The van der Waals surface area contributed by atoms with Gasteiger partial charge in [-0.05, 0) is 24.2 Å². The summed E-state index contributed by atoms with van der Waals surface area (Å²) in [5.74, 6) is 0.623. The Balaban J connectivity index is 3.22. The fourth-order valence-corrected chi connectivity index (χ4v) is 2.99. The highest BCUT2D eigenvalue weighted by Crippen LogP contribution is 2.40. The van der Waals surface area contributed by atoms with Gasteiger partial charge in [-0.3, -0.25) is 10.1 Å². The Morgan fingerprint density at radius 3 is 2.37 bits per heavy atom. The molecule has 0 saturated carbocycles. The van der Waals surface area contributed by atoms with Crippen LogP contribution in [-0.2, 0) is 5.33 Å². The fourth-order valence-electron chi connectivity index (χ4n) is 1.38. The van der Waals surface area contributed by atoms with Crippen LogP contribution >= 0.6 is 15.9 Å². The van der Waals surface area contributed by atoms with Gasteiger partial charge in [-0.15, -0.1) is 0 Å². The minimum atomic E-state index is -1.99. The number of hydrogen-bond donors (Lipinski definition) is 0. The first-order chi connectivity index (χ1) is 8.60. The first-order valence-electron chi connectivity index (χ1n) is 6.11. The van der Waals surface area contributed by atoms with E-state index in [1.54, 1.807) is 6.07 Å². The van der Waals surface area contributed by atoms with E-state index in [9.17, 15) is 10.1 Å². The summed E-state index contributed by atoms with van der Waals surface area (Å²) in [4.78, 5) is 10.7. The normalized spacial score (nSPS) is 12.3. The molecule has 1 aromatic carbocycles. The van der Waals surface area contributed by atoms with E-state index in [0.29, 0.717) is 16.6 Å². The van der Waals surface area contributed by atoms with E-state index in [0.717, 1.165) is 0 Å². The molecule has 0 unspecified atom stereocenters. The second-order valence-corrected chi connectivity index (χ2v) is 11.3. The number of hydrogen-bond acceptors (Lipinski definition) is 3. The molecule has 1 aromatic rings. The maximum Gasteiger partial charge on any atom is 0.277 e. The lowest BCUT2D eigenvalue weighted by atomic mass is 10.2. The summed E-state index contributed by atoms with van der Waals surface area (Å²) in [6, 6.07) is 4.99. The van der Waals surface area contributed by atoms with Gasteiger partial charge in [-0.25, -0.2) is 0 Å². The van der Waals surface area contributed by atoms with Crippen LogP contribution in [-0.4, -0.2) is 13.2 Å². The SMILES string of the molecule is CC(C)(C)[Si](C)(C)Oc1cccc([N+](=O)[O-])c1CBr. The molecule has 0 radical (unpaired) electrons. The van der Waals surface area contributed by atoms with Gasteiger partial charge in [-0.1, -0.05) is 42.8 Å². The largest absolute Gasteiger partial charge is 0.543 e. The molecule has 0 aromatic heterocycles. The number of alkyl halides is 1. The van der Waals surface area contributed by atoms with E-state index < -0.39 is 8.32 Å². The number of nitro benzene ring substituents is 1. The number of benzene rings is 1. The molecular formula is C13H20BrNO3Si. The van der Waals surface area contributed by atoms with Gasteiger partial charge in [0.25, 0.3) is 5.69 Å². The van der Waals surface area contributed by atoms with Gasteiger partial charge < -0.3 is 4.43 Å². The van der Waals surface area contributed by atoms with Gasteiger partial charge >= 0.3 is 0 Å². The summed E-state index contributed by atoms with van der Waals surface area (Å²) in [6.45, 7) is 10.7. The molecule has 0 atom stereocenters. The van der Waals surface area contributed by atoms with Crippen molar-refractivity contribution in [3.63, 3.8) is 0 Å². The molecule has 0 spiro atoms. The lowest BCUT2D eigenvalue weighted by molar-refractivity contribution is -0.385. The molecule has 0 heterocycles. The van der Waals surface area contributed by atoms with E-state index >= 15 is 0 Å². The minimum Gasteiger partial charge on any atom is -0.543 e. The van der Waals surface area contributed by atoms with Gasteiger partial charge in [0.15, 0.2) is 0 Å². The average Bonchev–Trinajstić information content (AvgIpc) is 2.26. The molecule has 0 aliphatic rings. The van der Waals surface area contributed by atoms with Gasteiger partial charge in [0.2, 0.25) is 8.32 Å². The quantitative estimate of drug-likeness (QED) is 0.338. The van der Waals surface area contributed by atoms with Crippen LogP contribution in [0.2, 0.25) is 18.1 Å². The smallest absolute Gasteiger partial charge is 0.277 e. The van der Waals surface area contributed by atoms with Crippen LogP contribution in [0.15, 0.2) is 18.2 Å². The van der Waals surface area contributed by atoms with Crippen molar-refractivity contribution in [2.24, 2.45) is 0 Å². The van der Waals surface area contributed by atoms with Crippen LogP contribution in [0.3, 0.4) is 0 Å². The molecule has 6 heteroatoms. The Morgan fingerprint density at radius 2 is 1.95 bits per heavy atom. The van der Waals surface area contributed by atoms with Crippen LogP contribution in [0.4, 0.5) is 5.69 Å². The van der Waals surface area contributed by atoms with E-state index in [4.69, 9.17) is 4.43 Å². The Bertz CT molecular complexity index is 483. The number of halogens is 1. The highest BCUT2D eigenvalue weighted by atomic mass is 79.9. The highest BCUT2D eigenvalue weighted by molar-refractivity contribution is 9.08. The third-order valence-corrected chi connectivity index (χ3v) is 8.51. The van der Waals surface area contributed by atoms with Crippen molar-refractivity contribution in [3.8, 4) is 5.75 Å².